The van der Waals surface area contributed by atoms with Gasteiger partial charge in [0.2, 0.25) is 5.91 Å². The number of ether oxygens (including phenoxy) is 1. The Hall–Kier alpha value is -2.21. The molecule has 0 aliphatic heterocycles. The van der Waals surface area contributed by atoms with E-state index in [4.69, 9.17) is 4.74 Å². The molecule has 20 heavy (non-hydrogen) atoms. The number of rotatable bonds is 6. The number of nitrogens with zero attached hydrogens (tertiary/aromatic N) is 3. The van der Waals surface area contributed by atoms with Gasteiger partial charge in [0.25, 0.3) is 0 Å². The van der Waals surface area contributed by atoms with E-state index in [-0.39, 0.29) is 5.91 Å². The van der Waals surface area contributed by atoms with Crippen LogP contribution in [0.3, 0.4) is 0 Å². The highest BCUT2D eigenvalue weighted by Gasteiger charge is 2.11. The van der Waals surface area contributed by atoms with E-state index in [9.17, 15) is 4.79 Å². The van der Waals surface area contributed by atoms with E-state index < -0.39 is 6.10 Å². The number of hydrogen-bond acceptors (Lipinski definition) is 4. The number of hydrogen-bond donors (Lipinski definition) is 1. The Kier molecular flexibility index (Phi) is 4.84. The molecule has 1 atom stereocenters. The van der Waals surface area contributed by atoms with Crippen LogP contribution < -0.4 is 5.32 Å². The third-order valence-electron chi connectivity index (χ3n) is 2.80. The summed E-state index contributed by atoms with van der Waals surface area (Å²) in [5.74, 6) is 0.601. The summed E-state index contributed by atoms with van der Waals surface area (Å²) in [6.07, 6.45) is 4.78. The maximum atomic E-state index is 11.8. The van der Waals surface area contributed by atoms with Gasteiger partial charge in [-0.3, -0.25) is 4.79 Å². The van der Waals surface area contributed by atoms with Gasteiger partial charge in [-0.05, 0) is 37.6 Å². The van der Waals surface area contributed by atoms with Crippen LogP contribution in [0.1, 0.15) is 19.4 Å². The van der Waals surface area contributed by atoms with Crippen molar-refractivity contribution < 1.29 is 9.53 Å². The monoisotopic (exact) mass is 274 g/mol. The summed E-state index contributed by atoms with van der Waals surface area (Å²) >= 11 is 0. The van der Waals surface area contributed by atoms with E-state index in [0.29, 0.717) is 13.2 Å². The highest BCUT2D eigenvalue weighted by molar-refractivity contribution is 5.80. The van der Waals surface area contributed by atoms with Crippen molar-refractivity contribution in [2.75, 3.05) is 6.61 Å². The molecule has 0 saturated heterocycles. The predicted octanol–water partition coefficient (Wildman–Crippen LogP) is 1.31. The fraction of sp³-hybridized carbons (Fsp3) is 0.357. The second-order valence-corrected chi connectivity index (χ2v) is 4.29. The molecular formula is C14H18N4O2. The predicted molar refractivity (Wildman–Crippen MR) is 74.3 cm³/mol. The number of amides is 1. The van der Waals surface area contributed by atoms with Crippen LogP contribution in [-0.4, -0.2) is 33.4 Å². The molecule has 0 unspecified atom stereocenters. The maximum absolute atomic E-state index is 11.8. The minimum atomic E-state index is -0.438. The maximum Gasteiger partial charge on any atom is 0.249 e. The fourth-order valence-electron chi connectivity index (χ4n) is 1.76. The summed E-state index contributed by atoms with van der Waals surface area (Å²) in [5.41, 5.74) is 0.961. The number of nitrogens with one attached hydrogen (secondary N) is 1. The zero-order chi connectivity index (χ0) is 14.4. The van der Waals surface area contributed by atoms with Crippen molar-refractivity contribution in [3.05, 3.63) is 42.4 Å². The summed E-state index contributed by atoms with van der Waals surface area (Å²) in [5, 5.41) is 6.96. The molecule has 2 heterocycles. The number of pyridine rings is 1. The SMILES string of the molecule is CCO[C@H](C)C(=O)NCc1ccnc(-n2cccn2)c1. The van der Waals surface area contributed by atoms with Crippen LogP contribution in [0.5, 0.6) is 0 Å². The van der Waals surface area contributed by atoms with Crippen LogP contribution in [0.25, 0.3) is 5.82 Å². The Balaban J connectivity index is 1.97. The lowest BCUT2D eigenvalue weighted by Gasteiger charge is -2.12. The lowest BCUT2D eigenvalue weighted by molar-refractivity contribution is -0.131. The van der Waals surface area contributed by atoms with Gasteiger partial charge in [0.1, 0.15) is 6.10 Å². The van der Waals surface area contributed by atoms with Gasteiger partial charge in [-0.25, -0.2) is 9.67 Å². The third kappa shape index (κ3) is 3.64. The lowest BCUT2D eigenvalue weighted by Crippen LogP contribution is -2.34. The highest BCUT2D eigenvalue weighted by atomic mass is 16.5. The Morgan fingerprint density at radius 1 is 1.50 bits per heavy atom. The molecular weight excluding hydrogens is 256 g/mol. The number of carbonyl (C=O) groups is 1. The van der Waals surface area contributed by atoms with Crippen molar-refractivity contribution >= 4 is 5.91 Å². The molecule has 2 aromatic heterocycles. The zero-order valence-corrected chi connectivity index (χ0v) is 11.6. The molecule has 0 spiro atoms. The average Bonchev–Trinajstić information content (AvgIpc) is 2.99. The van der Waals surface area contributed by atoms with Gasteiger partial charge >= 0.3 is 0 Å². The molecule has 0 aromatic carbocycles. The smallest absolute Gasteiger partial charge is 0.249 e. The summed E-state index contributed by atoms with van der Waals surface area (Å²) in [4.78, 5) is 16.0. The van der Waals surface area contributed by atoms with E-state index in [0.717, 1.165) is 11.4 Å². The van der Waals surface area contributed by atoms with E-state index in [1.165, 1.54) is 0 Å². The average molecular weight is 274 g/mol. The first-order valence-corrected chi connectivity index (χ1v) is 6.55. The first kappa shape index (κ1) is 14.2. The van der Waals surface area contributed by atoms with E-state index >= 15 is 0 Å². The van der Waals surface area contributed by atoms with Crippen LogP contribution in [0.2, 0.25) is 0 Å². The van der Waals surface area contributed by atoms with Crippen molar-refractivity contribution in [1.82, 2.24) is 20.1 Å². The molecule has 0 fully saturated rings. The summed E-state index contributed by atoms with van der Waals surface area (Å²) in [7, 11) is 0. The normalized spacial score (nSPS) is 12.1. The first-order chi connectivity index (χ1) is 9.70. The highest BCUT2D eigenvalue weighted by Crippen LogP contribution is 2.06. The number of aromatic nitrogens is 3. The van der Waals surface area contributed by atoms with Crippen molar-refractivity contribution in [2.45, 2.75) is 26.5 Å². The van der Waals surface area contributed by atoms with Gasteiger partial charge in [-0.2, -0.15) is 5.10 Å². The van der Waals surface area contributed by atoms with Crippen molar-refractivity contribution in [2.24, 2.45) is 0 Å². The Labute approximate surface area is 117 Å². The minimum Gasteiger partial charge on any atom is -0.369 e. The molecule has 1 amide bonds. The minimum absolute atomic E-state index is 0.121. The molecule has 0 aliphatic carbocycles. The van der Waals surface area contributed by atoms with E-state index in [2.05, 4.69) is 15.4 Å². The lowest BCUT2D eigenvalue weighted by atomic mass is 10.2. The Bertz CT molecular complexity index is 554. The summed E-state index contributed by atoms with van der Waals surface area (Å²) < 4.78 is 6.91. The van der Waals surface area contributed by atoms with Crippen LogP contribution >= 0.6 is 0 Å². The second-order valence-electron chi connectivity index (χ2n) is 4.29. The zero-order valence-electron chi connectivity index (χ0n) is 11.6. The van der Waals surface area contributed by atoms with E-state index in [1.807, 2.05) is 31.3 Å². The van der Waals surface area contributed by atoms with Gasteiger partial charge in [0, 0.05) is 31.7 Å². The molecule has 0 radical (unpaired) electrons. The van der Waals surface area contributed by atoms with Gasteiger partial charge in [0.15, 0.2) is 5.82 Å². The molecule has 0 aliphatic rings. The van der Waals surface area contributed by atoms with Crippen LogP contribution in [-0.2, 0) is 16.1 Å². The van der Waals surface area contributed by atoms with Crippen LogP contribution in [0, 0.1) is 0 Å². The molecule has 0 saturated carbocycles. The topological polar surface area (TPSA) is 69.0 Å². The van der Waals surface area contributed by atoms with Crippen molar-refractivity contribution in [1.29, 1.82) is 0 Å². The molecule has 6 heteroatoms. The molecule has 2 aromatic rings. The van der Waals surface area contributed by atoms with Gasteiger partial charge < -0.3 is 10.1 Å². The van der Waals surface area contributed by atoms with E-state index in [1.54, 1.807) is 24.0 Å². The standard InChI is InChI=1S/C14H18N4O2/c1-3-20-11(2)14(19)16-10-12-5-7-15-13(9-12)18-8-4-6-17-18/h4-9,11H,3,10H2,1-2H3,(H,16,19)/t11-/m1/s1. The first-order valence-electron chi connectivity index (χ1n) is 6.55. The quantitative estimate of drug-likeness (QED) is 0.862. The molecule has 1 N–H and O–H groups in total. The van der Waals surface area contributed by atoms with Crippen molar-refractivity contribution in [3.8, 4) is 5.82 Å². The fourth-order valence-corrected chi connectivity index (χ4v) is 1.76. The van der Waals surface area contributed by atoms with Crippen LogP contribution in [0.4, 0.5) is 0 Å². The second kappa shape index (κ2) is 6.81. The molecule has 0 bridgehead atoms. The molecule has 106 valence electrons. The van der Waals surface area contributed by atoms with Gasteiger partial charge in [-0.1, -0.05) is 0 Å². The van der Waals surface area contributed by atoms with Gasteiger partial charge in [0.05, 0.1) is 0 Å². The van der Waals surface area contributed by atoms with Gasteiger partial charge in [-0.15, -0.1) is 0 Å². The van der Waals surface area contributed by atoms with Crippen molar-refractivity contribution in [3.63, 3.8) is 0 Å². The Morgan fingerprint density at radius 2 is 2.35 bits per heavy atom. The third-order valence-corrected chi connectivity index (χ3v) is 2.80. The number of carbonyl (C=O) groups excluding carboxylic acids is 1. The summed E-state index contributed by atoms with van der Waals surface area (Å²) in [6.45, 7) is 4.56. The summed E-state index contributed by atoms with van der Waals surface area (Å²) in [6, 6.07) is 5.58. The van der Waals surface area contributed by atoms with Crippen LogP contribution in [0.15, 0.2) is 36.8 Å². The largest absolute Gasteiger partial charge is 0.369 e. The molecule has 6 nitrogen and oxygen atoms in total. The molecule has 2 rings (SSSR count). The Morgan fingerprint density at radius 3 is 3.05 bits per heavy atom.